The molecule has 7 aromatic heterocycles. The summed E-state index contributed by atoms with van der Waals surface area (Å²) in [7, 11) is 0. The van der Waals surface area contributed by atoms with Gasteiger partial charge in [-0.15, -0.1) is 45.3 Å². The van der Waals surface area contributed by atoms with Crippen LogP contribution in [-0.2, 0) is 23.7 Å². The van der Waals surface area contributed by atoms with Crippen LogP contribution in [0, 0.1) is 0 Å². The molecule has 5 unspecified atom stereocenters. The van der Waals surface area contributed by atoms with Gasteiger partial charge >= 0.3 is 5.69 Å². The summed E-state index contributed by atoms with van der Waals surface area (Å²) < 4.78 is 27.1. The van der Waals surface area contributed by atoms with Crippen LogP contribution in [0.4, 0.5) is 31.1 Å². The molecule has 4 N–H and O–H groups in total. The standard InChI is InChI=1S/C19H17ClN4OS.C19H16ClN3O2S.C17H15Cl2NO2S.2C16H15ClN2O2S/c20-12-3-1-11(2-4-12)16-13-9-15(24-5-7-25-8-6-24)26-18(13)17-14(16)10-22-19(21)23-17;20-12-3-1-11(2-4-12)16-13-9-15(23-5-7-25-8-6-23)26-18(13)17-14(16)10-21-19(24)22-17;18-13-2-1-10(7-14(13)19)11-8-15(21)17-12(11)9-16(23-17)20-3-5-22-6-4-20;17-11-3-1-10(2-4-11)14-12-9-13(19-5-7-21-8-6-19)22-15(12)16(20)18-14;17-11-3-1-10(2-4-11)12-9-13(20)15-14(12)18-16(22-15)19-5-7-21-8-6-19/h1-4,9-10,16H,5-8H2,(H2,21,22,23);1-4,9-10,16H,5-8H2,(H,21,22,24);1-2,7,9,11H,3-6,8H2;1-4,9,14H,5-8H2,(H,18,20);1-4,12H,5-9H2. The highest BCUT2D eigenvalue weighted by Gasteiger charge is 2.41. The number of rotatable bonds is 10. The number of ether oxygens (including phenoxy) is 5. The third-order valence-electron chi connectivity index (χ3n) is 22.6. The van der Waals surface area contributed by atoms with Gasteiger partial charge in [0.05, 0.1) is 144 Å². The van der Waals surface area contributed by atoms with Crippen LogP contribution >= 0.6 is 126 Å². The summed E-state index contributed by atoms with van der Waals surface area (Å²) in [6, 6.07) is 45.7. The fraction of sp³-hybridized carbons (Fsp3) is 0.310. The van der Waals surface area contributed by atoms with E-state index in [1.54, 1.807) is 57.6 Å². The number of anilines is 6. The molecule has 5 fully saturated rings. The van der Waals surface area contributed by atoms with Crippen molar-refractivity contribution in [1.82, 2.24) is 30.2 Å². The predicted octanol–water partition coefficient (Wildman–Crippen LogP) is 18.3. The van der Waals surface area contributed by atoms with E-state index in [0.717, 1.165) is 233 Å². The molecule has 6 aliphatic heterocycles. The van der Waals surface area contributed by atoms with Crippen molar-refractivity contribution in [2.45, 2.75) is 42.6 Å². The number of carbonyl (C=O) groups is 3. The number of halogens is 6. The Kier molecular flexibility index (Phi) is 24.7. The van der Waals surface area contributed by atoms with Crippen molar-refractivity contribution < 1.29 is 38.1 Å². The zero-order chi connectivity index (χ0) is 81.5. The molecule has 0 saturated carbocycles. The van der Waals surface area contributed by atoms with Gasteiger partial charge in [-0.05, 0) is 129 Å². The summed E-state index contributed by atoms with van der Waals surface area (Å²) >= 11 is 44.4. The average Bonchev–Trinajstić information content (AvgIpc) is 1.58. The number of morpholine rings is 5. The Hall–Kier alpha value is -8.36. The molecule has 0 radical (unpaired) electrons. The first-order valence-corrected chi connectivity index (χ1v) is 45.6. The van der Waals surface area contributed by atoms with E-state index in [1.165, 1.54) is 42.9 Å². The van der Waals surface area contributed by atoms with Crippen LogP contribution in [0.5, 0.6) is 0 Å². The van der Waals surface area contributed by atoms with Crippen molar-refractivity contribution >= 4 is 175 Å². The second-order valence-corrected chi connectivity index (χ2v) is 37.4. The minimum absolute atomic E-state index is 0.0134. The molecule has 0 bridgehead atoms. The lowest BCUT2D eigenvalue weighted by atomic mass is 9.91. The lowest BCUT2D eigenvalue weighted by molar-refractivity contribution is 0.0960. The normalized spacial score (nSPS) is 20.0. The van der Waals surface area contributed by atoms with Gasteiger partial charge in [-0.25, -0.2) is 24.7 Å². The van der Waals surface area contributed by atoms with E-state index in [9.17, 15) is 19.2 Å². The minimum atomic E-state index is -0.312. The fourth-order valence-corrected chi connectivity index (χ4v) is 23.4. The zero-order valence-corrected chi connectivity index (χ0v) is 72.6. The topological polar surface area (TPSA) is 236 Å². The van der Waals surface area contributed by atoms with E-state index in [2.05, 4.69) is 86.2 Å². The number of H-pyrrole nitrogens is 1. The van der Waals surface area contributed by atoms with Crippen molar-refractivity contribution in [2.24, 2.45) is 0 Å². The largest absolute Gasteiger partial charge is 0.378 e. The maximum Gasteiger partial charge on any atom is 0.345 e. The Labute approximate surface area is 736 Å². The molecule has 21 nitrogen and oxygen atoms in total. The molecular formula is C87H78Cl6N12O9S5. The number of thiazole rings is 1. The lowest BCUT2D eigenvalue weighted by Gasteiger charge is -2.27. The number of hydrogen-bond acceptors (Lipinski definition) is 24. The number of carbonyl (C=O) groups excluding carboxylic acids is 3. The number of nitrogens with two attached hydrogens (primary N) is 1. The molecule has 119 heavy (non-hydrogen) atoms. The number of amides is 1. The van der Waals surface area contributed by atoms with Crippen LogP contribution in [0.25, 0.3) is 21.1 Å². The first kappa shape index (κ1) is 81.6. The Morgan fingerprint density at radius 3 is 1.33 bits per heavy atom. The summed E-state index contributed by atoms with van der Waals surface area (Å²) in [5, 5.41) is 12.7. The molecule has 4 aliphatic carbocycles. The fourth-order valence-electron chi connectivity index (χ4n) is 16.6. The smallest absolute Gasteiger partial charge is 0.345 e. The Morgan fingerprint density at radius 2 is 0.798 bits per heavy atom. The summed E-state index contributed by atoms with van der Waals surface area (Å²) in [6.07, 6.45) is 4.59. The van der Waals surface area contributed by atoms with Crippen LogP contribution in [-0.4, -0.2) is 174 Å². The van der Waals surface area contributed by atoms with E-state index in [1.807, 2.05) is 103 Å². The number of aromatic nitrogens is 5. The third-order valence-corrected chi connectivity index (χ3v) is 30.4. The quantitative estimate of drug-likeness (QED) is 0.115. The molecule has 22 rings (SSSR count). The molecular weight excluding hydrogens is 1730 g/mol. The number of benzene rings is 5. The van der Waals surface area contributed by atoms with Gasteiger partial charge in [0.1, 0.15) is 0 Å². The maximum absolute atomic E-state index is 12.4. The predicted molar refractivity (Wildman–Crippen MR) is 479 cm³/mol. The van der Waals surface area contributed by atoms with Crippen LogP contribution in [0.15, 0.2) is 157 Å². The van der Waals surface area contributed by atoms with Crippen molar-refractivity contribution in [3.8, 4) is 21.1 Å². The number of nitrogens with one attached hydrogen (secondary N) is 2. The van der Waals surface area contributed by atoms with Gasteiger partial charge in [-0.1, -0.05) is 136 Å². The molecule has 5 atom stereocenters. The highest BCUT2D eigenvalue weighted by atomic mass is 35.5. The van der Waals surface area contributed by atoms with Gasteiger partial charge in [0.15, 0.2) is 16.7 Å². The Balaban J connectivity index is 0.000000102. The number of hydrogen-bond donors (Lipinski definition) is 3. The maximum atomic E-state index is 12.4. The molecule has 13 heterocycles. The van der Waals surface area contributed by atoms with Crippen molar-refractivity contribution in [2.75, 3.05) is 162 Å². The van der Waals surface area contributed by atoms with E-state index in [-0.39, 0.29) is 52.9 Å². The monoisotopic (exact) mass is 1800 g/mol. The second-order valence-electron chi connectivity index (χ2n) is 29.7. The summed E-state index contributed by atoms with van der Waals surface area (Å²) in [6.45, 7) is 16.3. The molecule has 12 aromatic rings. The van der Waals surface area contributed by atoms with Gasteiger partial charge in [0, 0.05) is 151 Å². The number of nitrogen functional groups attached to an aromatic ring is 1. The van der Waals surface area contributed by atoms with Crippen LogP contribution in [0.2, 0.25) is 30.1 Å². The van der Waals surface area contributed by atoms with Crippen LogP contribution in [0.3, 0.4) is 0 Å². The van der Waals surface area contributed by atoms with Crippen LogP contribution < -0.4 is 41.2 Å². The summed E-state index contributed by atoms with van der Waals surface area (Å²) in [5.74, 6) is 1.07. The molecule has 5 saturated heterocycles. The molecule has 32 heteroatoms. The number of nitrogens with zero attached hydrogens (tertiary/aromatic N) is 9. The van der Waals surface area contributed by atoms with Crippen LogP contribution in [0.1, 0.15) is 138 Å². The Bertz CT molecular complexity index is 5670. The third kappa shape index (κ3) is 17.3. The van der Waals surface area contributed by atoms with Gasteiger partial charge in [-0.2, -0.15) is 0 Å². The minimum Gasteiger partial charge on any atom is -0.378 e. The first-order chi connectivity index (χ1) is 58.0. The lowest BCUT2D eigenvalue weighted by Crippen LogP contribution is -2.36. The van der Waals surface area contributed by atoms with Gasteiger partial charge in [-0.3, -0.25) is 14.4 Å². The molecule has 1 amide bonds. The molecule has 612 valence electrons. The zero-order valence-electron chi connectivity index (χ0n) is 64.0. The molecule has 5 aromatic carbocycles. The summed E-state index contributed by atoms with van der Waals surface area (Å²) in [5.41, 5.74) is 20.7. The molecule has 0 spiro atoms. The number of ketones is 2. The summed E-state index contributed by atoms with van der Waals surface area (Å²) in [4.78, 5) is 85.6. The number of thiophene rings is 4. The van der Waals surface area contributed by atoms with E-state index < -0.39 is 0 Å². The highest BCUT2D eigenvalue weighted by molar-refractivity contribution is 7.20. The number of Topliss-reactive ketones (excluding diaryl/α,β-unsaturated/α-hetero) is 2. The van der Waals surface area contributed by atoms with Gasteiger partial charge < -0.3 is 64.2 Å². The van der Waals surface area contributed by atoms with E-state index in [0.29, 0.717) is 43.9 Å². The van der Waals surface area contributed by atoms with Crippen molar-refractivity contribution in [3.63, 3.8) is 0 Å². The SMILES string of the molecule is Nc1ncc2c(n1)-c1sc(N3CCOCC3)cc1C2c1ccc(Cl)cc1.O=C1CC(c2ccc(Cl)c(Cl)c2)c2cc(N3CCOCC3)sc21.O=C1CC(c2ccc(Cl)cc2)c2nc(N3CCOCC3)sc21.O=C1NC(c2ccc(Cl)cc2)c2cc(N3CCOCC3)sc21.O=c1ncc2c([nH]1)-c1sc(N3CCOCC3)cc1C2c1ccc(Cl)cc1. The second kappa shape index (κ2) is 36.0. The van der Waals surface area contributed by atoms with Crippen molar-refractivity contribution in [1.29, 1.82) is 0 Å². The Morgan fingerprint density at radius 1 is 0.378 bits per heavy atom. The van der Waals surface area contributed by atoms with Gasteiger partial charge in [0.25, 0.3) is 5.91 Å². The first-order valence-electron chi connectivity index (χ1n) is 39.2. The highest BCUT2D eigenvalue weighted by Crippen LogP contribution is 2.55. The van der Waals surface area contributed by atoms with Crippen molar-refractivity contribution in [3.05, 3.63) is 274 Å². The van der Waals surface area contributed by atoms with E-state index >= 15 is 0 Å². The van der Waals surface area contributed by atoms with Gasteiger partial charge in [0.2, 0.25) is 5.95 Å². The number of aromatic amines is 1. The number of fused-ring (bicyclic) bond motifs is 9. The van der Waals surface area contributed by atoms with E-state index in [4.69, 9.17) is 104 Å². The average molecular weight is 1810 g/mol. The molecule has 10 aliphatic rings.